The van der Waals surface area contributed by atoms with Crippen LogP contribution in [0.15, 0.2) is 12.1 Å². The van der Waals surface area contributed by atoms with E-state index in [9.17, 15) is 0 Å². The minimum absolute atomic E-state index is 0.179. The van der Waals surface area contributed by atoms with Gasteiger partial charge in [0, 0.05) is 12.1 Å². The van der Waals surface area contributed by atoms with Gasteiger partial charge in [-0.2, -0.15) is 0 Å². The fraction of sp³-hybridized carbons (Fsp3) is 0.600. The lowest BCUT2D eigenvalue weighted by Gasteiger charge is -2.32. The van der Waals surface area contributed by atoms with Crippen molar-refractivity contribution < 1.29 is 4.74 Å². The van der Waals surface area contributed by atoms with Crippen LogP contribution < -0.4 is 4.74 Å². The van der Waals surface area contributed by atoms with Crippen LogP contribution in [-0.4, -0.2) is 37.3 Å². The first-order valence-electron chi connectivity index (χ1n) is 6.60. The number of hydrogen-bond donors (Lipinski definition) is 0. The molecule has 1 aliphatic rings. The zero-order valence-electron chi connectivity index (χ0n) is 12.5. The molecule has 0 unspecified atom stereocenters. The molecule has 0 bridgehead atoms. The molecule has 0 spiro atoms. The zero-order valence-corrected chi connectivity index (χ0v) is 14.6. The molecule has 0 saturated heterocycles. The molecule has 3 nitrogen and oxygen atoms in total. The average Bonchev–Trinajstić information content (AvgIpc) is 2.26. The van der Waals surface area contributed by atoms with E-state index in [2.05, 4.69) is 79.4 Å². The number of fused-ring (bicyclic) bond motifs is 1. The molecular formula is C15H23IN2O. The maximum absolute atomic E-state index is 5.93. The van der Waals surface area contributed by atoms with E-state index in [-0.39, 0.29) is 5.41 Å². The molecule has 0 N–H and O–H groups in total. The highest BCUT2D eigenvalue weighted by Crippen LogP contribution is 2.35. The number of nitrogens with zero attached hydrogens (tertiary/aromatic N) is 2. The van der Waals surface area contributed by atoms with Gasteiger partial charge in [0.1, 0.15) is 12.5 Å². The monoisotopic (exact) mass is 374 g/mol. The Morgan fingerprint density at radius 3 is 2.58 bits per heavy atom. The molecule has 1 aromatic rings. The van der Waals surface area contributed by atoms with Crippen LogP contribution in [0.2, 0.25) is 0 Å². The Morgan fingerprint density at radius 2 is 2.00 bits per heavy atom. The maximum Gasteiger partial charge on any atom is 0.143 e. The second kappa shape index (κ2) is 5.58. The number of rotatable bonds is 2. The van der Waals surface area contributed by atoms with Gasteiger partial charge in [-0.05, 0) is 53.7 Å². The zero-order chi connectivity index (χ0) is 14.2. The third-order valence-corrected chi connectivity index (χ3v) is 4.06. The van der Waals surface area contributed by atoms with Crippen LogP contribution in [0.1, 0.15) is 31.9 Å². The van der Waals surface area contributed by atoms with E-state index < -0.39 is 0 Å². The number of ether oxygens (including phenoxy) is 1. The molecule has 1 heterocycles. The van der Waals surface area contributed by atoms with Crippen molar-refractivity contribution >= 4 is 22.6 Å². The standard InChI is InChI=1S/C15H23IN2O/c1-15(2,3)12-6-11-8-18(9-17(4)5)10-19-14(11)13(16)7-12/h6-7H,8-10H2,1-5H3. The number of benzene rings is 1. The minimum atomic E-state index is 0.179. The molecule has 2 rings (SSSR count). The van der Waals surface area contributed by atoms with Crippen LogP contribution >= 0.6 is 22.6 Å². The van der Waals surface area contributed by atoms with Gasteiger partial charge in [0.2, 0.25) is 0 Å². The Bertz CT molecular complexity index is 466. The van der Waals surface area contributed by atoms with E-state index in [0.717, 1.165) is 19.0 Å². The first-order valence-corrected chi connectivity index (χ1v) is 7.68. The third-order valence-electron chi connectivity index (χ3n) is 3.25. The molecule has 0 amide bonds. The second-order valence-corrected chi connectivity index (χ2v) is 7.68. The van der Waals surface area contributed by atoms with Gasteiger partial charge < -0.3 is 4.74 Å². The van der Waals surface area contributed by atoms with Crippen LogP contribution in [0.3, 0.4) is 0 Å². The first-order chi connectivity index (χ1) is 8.77. The quantitative estimate of drug-likeness (QED) is 0.740. The Morgan fingerprint density at radius 1 is 1.32 bits per heavy atom. The lowest BCUT2D eigenvalue weighted by molar-refractivity contribution is 0.0559. The predicted molar refractivity (Wildman–Crippen MR) is 87.5 cm³/mol. The lowest BCUT2D eigenvalue weighted by Crippen LogP contribution is -2.38. The average molecular weight is 374 g/mol. The largest absolute Gasteiger partial charge is 0.477 e. The van der Waals surface area contributed by atoms with Crippen LogP contribution in [0.25, 0.3) is 0 Å². The predicted octanol–water partition coefficient (Wildman–Crippen LogP) is 3.26. The van der Waals surface area contributed by atoms with Crippen LogP contribution in [0.4, 0.5) is 0 Å². The summed E-state index contributed by atoms with van der Waals surface area (Å²) in [7, 11) is 4.18. The summed E-state index contributed by atoms with van der Waals surface area (Å²) in [6.07, 6.45) is 0. The van der Waals surface area contributed by atoms with Crippen molar-refractivity contribution in [3.8, 4) is 5.75 Å². The highest BCUT2D eigenvalue weighted by molar-refractivity contribution is 14.1. The summed E-state index contributed by atoms with van der Waals surface area (Å²) in [6.45, 7) is 9.34. The molecule has 0 saturated carbocycles. The van der Waals surface area contributed by atoms with E-state index in [4.69, 9.17) is 4.74 Å². The summed E-state index contributed by atoms with van der Waals surface area (Å²) in [4.78, 5) is 4.48. The van der Waals surface area contributed by atoms with Gasteiger partial charge >= 0.3 is 0 Å². The molecule has 106 valence electrons. The Balaban J connectivity index is 2.29. The summed E-state index contributed by atoms with van der Waals surface area (Å²) in [5.41, 5.74) is 2.87. The van der Waals surface area contributed by atoms with Crippen molar-refractivity contribution in [2.45, 2.75) is 32.7 Å². The summed E-state index contributed by atoms with van der Waals surface area (Å²) in [5, 5.41) is 0. The summed E-state index contributed by atoms with van der Waals surface area (Å²) in [5.74, 6) is 1.07. The van der Waals surface area contributed by atoms with Gasteiger partial charge in [-0.15, -0.1) is 0 Å². The van der Waals surface area contributed by atoms with Gasteiger partial charge in [-0.25, -0.2) is 0 Å². The van der Waals surface area contributed by atoms with Crippen molar-refractivity contribution in [3.05, 3.63) is 26.8 Å². The summed E-state index contributed by atoms with van der Waals surface area (Å²) in [6, 6.07) is 4.56. The summed E-state index contributed by atoms with van der Waals surface area (Å²) >= 11 is 2.39. The molecular weight excluding hydrogens is 351 g/mol. The number of halogens is 1. The van der Waals surface area contributed by atoms with Crippen LogP contribution in [0.5, 0.6) is 5.75 Å². The Kier molecular flexibility index (Phi) is 4.42. The molecule has 0 atom stereocenters. The molecule has 0 radical (unpaired) electrons. The first kappa shape index (κ1) is 15.1. The van der Waals surface area contributed by atoms with E-state index in [1.54, 1.807) is 0 Å². The van der Waals surface area contributed by atoms with E-state index in [1.165, 1.54) is 14.7 Å². The van der Waals surface area contributed by atoms with Gasteiger partial charge in [0.15, 0.2) is 0 Å². The Labute approximate surface area is 130 Å². The molecule has 1 aromatic carbocycles. The normalized spacial score (nSPS) is 16.4. The van der Waals surface area contributed by atoms with Crippen molar-refractivity contribution in [3.63, 3.8) is 0 Å². The Hall–Kier alpha value is -0.330. The SMILES string of the molecule is CN(C)CN1COc2c(I)cc(C(C)(C)C)cc2C1. The van der Waals surface area contributed by atoms with Crippen molar-refractivity contribution in [2.75, 3.05) is 27.5 Å². The van der Waals surface area contributed by atoms with Crippen molar-refractivity contribution in [2.24, 2.45) is 0 Å². The summed E-state index contributed by atoms with van der Waals surface area (Å²) < 4.78 is 7.15. The molecule has 19 heavy (non-hydrogen) atoms. The van der Waals surface area contributed by atoms with E-state index >= 15 is 0 Å². The van der Waals surface area contributed by atoms with Crippen molar-refractivity contribution in [1.82, 2.24) is 9.80 Å². The van der Waals surface area contributed by atoms with Gasteiger partial charge in [0.05, 0.1) is 10.2 Å². The molecule has 0 aromatic heterocycles. The van der Waals surface area contributed by atoms with Gasteiger partial charge in [-0.1, -0.05) is 26.8 Å². The molecule has 0 fully saturated rings. The maximum atomic E-state index is 5.93. The fourth-order valence-corrected chi connectivity index (χ4v) is 3.13. The fourth-order valence-electron chi connectivity index (χ4n) is 2.30. The second-order valence-electron chi connectivity index (χ2n) is 6.52. The topological polar surface area (TPSA) is 15.7 Å². The third kappa shape index (κ3) is 3.61. The van der Waals surface area contributed by atoms with E-state index in [1.807, 2.05) is 0 Å². The highest BCUT2D eigenvalue weighted by Gasteiger charge is 2.23. The van der Waals surface area contributed by atoms with E-state index in [0.29, 0.717) is 6.73 Å². The highest BCUT2D eigenvalue weighted by atomic mass is 127. The molecule has 4 heteroatoms. The molecule has 0 aliphatic carbocycles. The van der Waals surface area contributed by atoms with Crippen LogP contribution in [-0.2, 0) is 12.0 Å². The minimum Gasteiger partial charge on any atom is -0.477 e. The van der Waals surface area contributed by atoms with Gasteiger partial charge in [-0.3, -0.25) is 9.80 Å². The number of hydrogen-bond acceptors (Lipinski definition) is 3. The van der Waals surface area contributed by atoms with Gasteiger partial charge in [0.25, 0.3) is 0 Å². The van der Waals surface area contributed by atoms with Crippen molar-refractivity contribution in [1.29, 1.82) is 0 Å². The lowest BCUT2D eigenvalue weighted by atomic mass is 9.86. The smallest absolute Gasteiger partial charge is 0.143 e. The molecule has 1 aliphatic heterocycles. The van der Waals surface area contributed by atoms with Crippen LogP contribution in [0, 0.1) is 3.57 Å².